The Morgan fingerprint density at radius 3 is 2.63 bits per heavy atom. The Balaban J connectivity index is 1.87. The van der Waals surface area contributed by atoms with Gasteiger partial charge in [-0.15, -0.1) is 0 Å². The molecule has 0 saturated carbocycles. The maximum Gasteiger partial charge on any atom is 0.143 e. The smallest absolute Gasteiger partial charge is 0.143 e. The lowest BCUT2D eigenvalue weighted by Crippen LogP contribution is -2.12. The molecule has 0 heterocycles. The van der Waals surface area contributed by atoms with Gasteiger partial charge in [-0.2, -0.15) is 5.26 Å². The Hall–Kier alpha value is -2.54. The molecule has 3 nitrogen and oxygen atoms in total. The number of halogens is 1. The van der Waals surface area contributed by atoms with Gasteiger partial charge >= 0.3 is 0 Å². The van der Waals surface area contributed by atoms with Gasteiger partial charge in [0.2, 0.25) is 0 Å². The Morgan fingerprint density at radius 2 is 1.89 bits per heavy atom. The zero-order chi connectivity index (χ0) is 13.5. The van der Waals surface area contributed by atoms with Gasteiger partial charge in [0.05, 0.1) is 5.69 Å². The lowest BCUT2D eigenvalue weighted by Gasteiger charge is -2.09. The molecule has 0 unspecified atom stereocenters. The number of nitrogens with zero attached hydrogens (tertiary/aromatic N) is 1. The summed E-state index contributed by atoms with van der Waals surface area (Å²) in [5.41, 5.74) is 0.515. The lowest BCUT2D eigenvalue weighted by atomic mass is 10.2. The SMILES string of the molecule is N#Cc1c(F)cccc1NCCOc1ccccc1. The molecule has 1 N–H and O–H groups in total. The van der Waals surface area contributed by atoms with Crippen molar-refractivity contribution in [3.8, 4) is 11.8 Å². The van der Waals surface area contributed by atoms with Crippen LogP contribution >= 0.6 is 0 Å². The van der Waals surface area contributed by atoms with Gasteiger partial charge in [0.25, 0.3) is 0 Å². The molecule has 2 rings (SSSR count). The van der Waals surface area contributed by atoms with E-state index >= 15 is 0 Å². The molecular formula is C15H13FN2O. The third-order valence-electron chi connectivity index (χ3n) is 2.55. The van der Waals surface area contributed by atoms with Crippen LogP contribution in [-0.2, 0) is 0 Å². The van der Waals surface area contributed by atoms with Crippen LogP contribution in [0.2, 0.25) is 0 Å². The van der Waals surface area contributed by atoms with E-state index in [9.17, 15) is 4.39 Å². The molecule has 0 atom stereocenters. The van der Waals surface area contributed by atoms with E-state index in [-0.39, 0.29) is 5.56 Å². The molecule has 0 radical (unpaired) electrons. The summed E-state index contributed by atoms with van der Waals surface area (Å²) in [6.07, 6.45) is 0. The molecule has 0 aliphatic heterocycles. The summed E-state index contributed by atoms with van der Waals surface area (Å²) in [7, 11) is 0. The van der Waals surface area contributed by atoms with Crippen molar-refractivity contribution in [1.82, 2.24) is 0 Å². The number of para-hydroxylation sites is 1. The molecular weight excluding hydrogens is 243 g/mol. The highest BCUT2D eigenvalue weighted by Gasteiger charge is 2.06. The first kappa shape index (κ1) is 12.9. The second-order valence-electron chi connectivity index (χ2n) is 3.86. The molecule has 0 aliphatic rings. The first-order valence-electron chi connectivity index (χ1n) is 5.91. The zero-order valence-corrected chi connectivity index (χ0v) is 10.3. The predicted molar refractivity (Wildman–Crippen MR) is 71.5 cm³/mol. The lowest BCUT2D eigenvalue weighted by molar-refractivity contribution is 0.333. The molecule has 0 amide bonds. The van der Waals surface area contributed by atoms with Crippen molar-refractivity contribution in [2.45, 2.75) is 0 Å². The Bertz CT molecular complexity index is 578. The van der Waals surface area contributed by atoms with E-state index < -0.39 is 5.82 Å². The molecule has 2 aromatic carbocycles. The van der Waals surface area contributed by atoms with Crippen LogP contribution in [0.1, 0.15) is 5.56 Å². The fraction of sp³-hybridized carbons (Fsp3) is 0.133. The molecule has 0 spiro atoms. The minimum Gasteiger partial charge on any atom is -0.492 e. The van der Waals surface area contributed by atoms with Gasteiger partial charge in [0, 0.05) is 6.54 Å². The van der Waals surface area contributed by atoms with Crippen molar-refractivity contribution in [3.05, 3.63) is 59.9 Å². The molecule has 96 valence electrons. The third-order valence-corrected chi connectivity index (χ3v) is 2.55. The van der Waals surface area contributed by atoms with Gasteiger partial charge in [0.15, 0.2) is 0 Å². The largest absolute Gasteiger partial charge is 0.492 e. The number of nitrogens with one attached hydrogen (secondary N) is 1. The van der Waals surface area contributed by atoms with Gasteiger partial charge in [-0.3, -0.25) is 0 Å². The maximum atomic E-state index is 13.3. The topological polar surface area (TPSA) is 45.0 Å². The van der Waals surface area contributed by atoms with E-state index in [1.807, 2.05) is 36.4 Å². The van der Waals surface area contributed by atoms with Crippen molar-refractivity contribution in [3.63, 3.8) is 0 Å². The monoisotopic (exact) mass is 256 g/mol. The van der Waals surface area contributed by atoms with Crippen molar-refractivity contribution in [2.75, 3.05) is 18.5 Å². The van der Waals surface area contributed by atoms with Gasteiger partial charge in [-0.1, -0.05) is 24.3 Å². The molecule has 4 heteroatoms. The summed E-state index contributed by atoms with van der Waals surface area (Å²) >= 11 is 0. The number of hydrogen-bond donors (Lipinski definition) is 1. The minimum absolute atomic E-state index is 0.0298. The van der Waals surface area contributed by atoms with Crippen LogP contribution in [0.15, 0.2) is 48.5 Å². The van der Waals surface area contributed by atoms with Gasteiger partial charge in [-0.25, -0.2) is 4.39 Å². The average Bonchev–Trinajstić information content (AvgIpc) is 2.45. The van der Waals surface area contributed by atoms with Crippen LogP contribution in [0.4, 0.5) is 10.1 Å². The second kappa shape index (κ2) is 6.41. The summed E-state index contributed by atoms with van der Waals surface area (Å²) in [6, 6.07) is 15.8. The Morgan fingerprint density at radius 1 is 1.11 bits per heavy atom. The van der Waals surface area contributed by atoms with E-state index in [1.165, 1.54) is 6.07 Å². The number of benzene rings is 2. The van der Waals surface area contributed by atoms with Crippen LogP contribution in [0, 0.1) is 17.1 Å². The minimum atomic E-state index is -0.517. The van der Waals surface area contributed by atoms with Crippen LogP contribution in [0.5, 0.6) is 5.75 Å². The summed E-state index contributed by atoms with van der Waals surface area (Å²) < 4.78 is 18.8. The summed E-state index contributed by atoms with van der Waals surface area (Å²) in [5, 5.41) is 11.9. The van der Waals surface area contributed by atoms with Crippen molar-refractivity contribution in [1.29, 1.82) is 5.26 Å². The van der Waals surface area contributed by atoms with Gasteiger partial charge in [0.1, 0.15) is 29.8 Å². The predicted octanol–water partition coefficient (Wildman–Crippen LogP) is 3.19. The zero-order valence-electron chi connectivity index (χ0n) is 10.3. The first-order chi connectivity index (χ1) is 9.31. The van der Waals surface area contributed by atoms with Gasteiger partial charge < -0.3 is 10.1 Å². The Labute approximate surface area is 111 Å². The maximum absolute atomic E-state index is 13.3. The van der Waals surface area contributed by atoms with E-state index in [0.717, 1.165) is 5.75 Å². The highest BCUT2D eigenvalue weighted by Crippen LogP contribution is 2.17. The highest BCUT2D eigenvalue weighted by molar-refractivity contribution is 5.57. The molecule has 0 aromatic heterocycles. The number of rotatable bonds is 5. The molecule has 19 heavy (non-hydrogen) atoms. The van der Waals surface area contributed by atoms with Crippen LogP contribution in [-0.4, -0.2) is 13.2 Å². The second-order valence-corrected chi connectivity index (χ2v) is 3.86. The number of nitriles is 1. The van der Waals surface area contributed by atoms with E-state index in [2.05, 4.69) is 5.32 Å². The van der Waals surface area contributed by atoms with Crippen molar-refractivity contribution in [2.24, 2.45) is 0 Å². The summed E-state index contributed by atoms with van der Waals surface area (Å²) in [6.45, 7) is 0.929. The standard InChI is InChI=1S/C15H13FN2O/c16-14-7-4-8-15(13(14)11-17)18-9-10-19-12-5-2-1-3-6-12/h1-8,18H,9-10H2. The van der Waals surface area contributed by atoms with Crippen LogP contribution in [0.25, 0.3) is 0 Å². The van der Waals surface area contributed by atoms with Crippen molar-refractivity contribution >= 4 is 5.69 Å². The molecule has 0 aliphatic carbocycles. The average molecular weight is 256 g/mol. The van der Waals surface area contributed by atoms with Gasteiger partial charge in [-0.05, 0) is 24.3 Å². The van der Waals surface area contributed by atoms with Crippen LogP contribution < -0.4 is 10.1 Å². The van der Waals surface area contributed by atoms with E-state index in [4.69, 9.17) is 10.00 Å². The number of ether oxygens (including phenoxy) is 1. The fourth-order valence-electron chi connectivity index (χ4n) is 1.66. The normalized spacial score (nSPS) is 9.68. The fourth-order valence-corrected chi connectivity index (χ4v) is 1.66. The third kappa shape index (κ3) is 3.46. The summed E-state index contributed by atoms with van der Waals surface area (Å²) in [4.78, 5) is 0. The van der Waals surface area contributed by atoms with Crippen molar-refractivity contribution < 1.29 is 9.13 Å². The first-order valence-corrected chi connectivity index (χ1v) is 5.91. The molecule has 2 aromatic rings. The quantitative estimate of drug-likeness (QED) is 0.835. The van der Waals surface area contributed by atoms with E-state index in [0.29, 0.717) is 18.8 Å². The Kier molecular flexibility index (Phi) is 4.35. The molecule has 0 fully saturated rings. The van der Waals surface area contributed by atoms with E-state index in [1.54, 1.807) is 12.1 Å². The molecule has 0 saturated heterocycles. The summed E-state index contributed by atoms with van der Waals surface area (Å²) in [5.74, 6) is 0.264. The molecule has 0 bridgehead atoms. The number of hydrogen-bond acceptors (Lipinski definition) is 3. The van der Waals surface area contributed by atoms with Crippen LogP contribution in [0.3, 0.4) is 0 Å². The number of anilines is 1. The highest BCUT2D eigenvalue weighted by atomic mass is 19.1.